The van der Waals surface area contributed by atoms with E-state index in [1.165, 1.54) is 10.4 Å². The van der Waals surface area contributed by atoms with Crippen molar-refractivity contribution in [2.75, 3.05) is 6.54 Å². The molecule has 1 N–H and O–H groups in total. The summed E-state index contributed by atoms with van der Waals surface area (Å²) in [4.78, 5) is 27.6. The van der Waals surface area contributed by atoms with E-state index in [0.29, 0.717) is 12.8 Å². The van der Waals surface area contributed by atoms with Crippen LogP contribution in [0.5, 0.6) is 5.75 Å². The molecule has 6 nitrogen and oxygen atoms in total. The van der Waals surface area contributed by atoms with Crippen molar-refractivity contribution >= 4 is 30.7 Å². The molecule has 0 radical (unpaired) electrons. The predicted molar refractivity (Wildman–Crippen MR) is 165 cm³/mol. The van der Waals surface area contributed by atoms with Crippen molar-refractivity contribution < 1.29 is 18.8 Å². The van der Waals surface area contributed by atoms with Gasteiger partial charge in [0.15, 0.2) is 0 Å². The molecule has 2 amide bonds. The fourth-order valence-electron chi connectivity index (χ4n) is 6.41. The third-order valence-corrected chi connectivity index (χ3v) is 13.1. The highest BCUT2D eigenvalue weighted by Gasteiger charge is 2.52. The third-order valence-electron chi connectivity index (χ3n) is 8.12. The Labute approximate surface area is 245 Å². The number of benzene rings is 3. The lowest BCUT2D eigenvalue weighted by Crippen LogP contribution is -2.68. The van der Waals surface area contributed by atoms with Crippen LogP contribution in [0.3, 0.4) is 0 Å². The van der Waals surface area contributed by atoms with E-state index in [-0.39, 0.29) is 23.0 Å². The number of fused-ring (bicyclic) bond motifs is 1. The Morgan fingerprint density at radius 2 is 1.49 bits per heavy atom. The number of likely N-dealkylation sites (tertiary alicyclic amines) is 1. The number of carbonyl (C=O) groups excluding carboxylic acids is 2. The van der Waals surface area contributed by atoms with Crippen LogP contribution in [0.25, 0.3) is 0 Å². The quantitative estimate of drug-likeness (QED) is 0.355. The monoisotopic (exact) mass is 570 g/mol. The largest absolute Gasteiger partial charge is 0.534 e. The molecule has 0 bridgehead atoms. The lowest BCUT2D eigenvalue weighted by Gasteiger charge is -2.43. The van der Waals surface area contributed by atoms with Gasteiger partial charge in [0.1, 0.15) is 11.4 Å². The summed E-state index contributed by atoms with van der Waals surface area (Å²) in [5.74, 6) is 0.949. The summed E-state index contributed by atoms with van der Waals surface area (Å²) in [7, 11) is -2.83. The van der Waals surface area contributed by atoms with Gasteiger partial charge in [0.05, 0.1) is 12.1 Å². The molecule has 1 saturated heterocycles. The molecule has 5 rings (SSSR count). The van der Waals surface area contributed by atoms with Gasteiger partial charge in [-0.2, -0.15) is 0 Å². The number of nitrogens with one attached hydrogen (secondary N) is 1. The molecule has 3 aromatic rings. The van der Waals surface area contributed by atoms with E-state index in [1.807, 2.05) is 43.9 Å². The molecule has 3 aromatic carbocycles. The van der Waals surface area contributed by atoms with Crippen LogP contribution in [-0.4, -0.2) is 37.4 Å². The van der Waals surface area contributed by atoms with Crippen LogP contribution in [0.2, 0.25) is 5.04 Å². The van der Waals surface area contributed by atoms with E-state index in [0.717, 1.165) is 29.8 Å². The van der Waals surface area contributed by atoms with Gasteiger partial charge in [0.25, 0.3) is 0 Å². The summed E-state index contributed by atoms with van der Waals surface area (Å²) >= 11 is 0. The van der Waals surface area contributed by atoms with Crippen molar-refractivity contribution in [2.24, 2.45) is 0 Å². The first-order valence-corrected chi connectivity index (χ1v) is 16.5. The molecule has 2 atom stereocenters. The molecule has 1 heterocycles. The average molecular weight is 571 g/mol. The zero-order valence-electron chi connectivity index (χ0n) is 25.1. The molecule has 0 spiro atoms. The maximum Gasteiger partial charge on any atom is 0.408 e. The minimum atomic E-state index is -2.83. The Balaban J connectivity index is 1.58. The SMILES string of the molecule is CC(C)(C)OC(=O)NC1CC(N2CCCC2=O)c2cc(O[Si](c3ccccc3)(c3ccccc3)C(C)(C)C)ccc21. The van der Waals surface area contributed by atoms with Gasteiger partial charge in [-0.1, -0.05) is 87.5 Å². The maximum absolute atomic E-state index is 12.9. The molecule has 1 fully saturated rings. The van der Waals surface area contributed by atoms with Crippen LogP contribution in [-0.2, 0) is 9.53 Å². The molecule has 41 heavy (non-hydrogen) atoms. The Bertz CT molecular complexity index is 1360. The summed E-state index contributed by atoms with van der Waals surface area (Å²) in [5.41, 5.74) is 1.45. The number of alkyl carbamates (subject to hydrolysis) is 1. The molecule has 1 aliphatic carbocycles. The second-order valence-corrected chi connectivity index (χ2v) is 17.4. The molecule has 216 valence electrons. The molecule has 1 aliphatic heterocycles. The van der Waals surface area contributed by atoms with Crippen molar-refractivity contribution in [1.29, 1.82) is 0 Å². The maximum atomic E-state index is 12.9. The van der Waals surface area contributed by atoms with Gasteiger partial charge in [-0.3, -0.25) is 4.79 Å². The topological polar surface area (TPSA) is 67.9 Å². The van der Waals surface area contributed by atoms with Gasteiger partial charge < -0.3 is 19.4 Å². The molecular formula is C34H42N2O4Si. The Hall–Kier alpha value is -3.58. The van der Waals surface area contributed by atoms with E-state index >= 15 is 0 Å². The lowest BCUT2D eigenvalue weighted by molar-refractivity contribution is -0.129. The van der Waals surface area contributed by atoms with Gasteiger partial charge >= 0.3 is 14.4 Å². The molecular weight excluding hydrogens is 528 g/mol. The minimum absolute atomic E-state index is 0.123. The summed E-state index contributed by atoms with van der Waals surface area (Å²) in [6.45, 7) is 13.1. The number of rotatable bonds is 6. The smallest absolute Gasteiger partial charge is 0.408 e. The predicted octanol–water partition coefficient (Wildman–Crippen LogP) is 6.26. The highest BCUT2D eigenvalue weighted by molar-refractivity contribution is 7.00. The molecule has 2 unspecified atom stereocenters. The minimum Gasteiger partial charge on any atom is -0.534 e. The number of amides is 2. The third kappa shape index (κ3) is 5.78. The Kier molecular flexibility index (Phi) is 7.77. The van der Waals surface area contributed by atoms with Gasteiger partial charge in [-0.05, 0) is 72.3 Å². The van der Waals surface area contributed by atoms with Crippen molar-refractivity contribution in [1.82, 2.24) is 10.2 Å². The van der Waals surface area contributed by atoms with E-state index in [1.54, 1.807) is 0 Å². The summed E-state index contributed by atoms with van der Waals surface area (Å²) < 4.78 is 12.9. The summed E-state index contributed by atoms with van der Waals surface area (Å²) in [5, 5.41) is 5.30. The van der Waals surface area contributed by atoms with E-state index in [9.17, 15) is 9.59 Å². The number of nitrogens with zero attached hydrogens (tertiary/aromatic N) is 1. The molecule has 0 saturated carbocycles. The van der Waals surface area contributed by atoms with E-state index in [2.05, 4.69) is 86.8 Å². The van der Waals surface area contributed by atoms with Gasteiger partial charge in [0, 0.05) is 13.0 Å². The zero-order valence-corrected chi connectivity index (χ0v) is 26.1. The molecule has 7 heteroatoms. The lowest BCUT2D eigenvalue weighted by atomic mass is 10.1. The molecule has 0 aromatic heterocycles. The number of ether oxygens (including phenoxy) is 1. The Morgan fingerprint density at radius 1 is 0.878 bits per heavy atom. The highest BCUT2D eigenvalue weighted by atomic mass is 28.4. The second kappa shape index (κ2) is 11.0. The second-order valence-electron chi connectivity index (χ2n) is 13.2. The fraction of sp³-hybridized carbons (Fsp3) is 0.412. The Morgan fingerprint density at radius 3 is 2.00 bits per heavy atom. The van der Waals surface area contributed by atoms with Gasteiger partial charge in [-0.25, -0.2) is 4.79 Å². The van der Waals surface area contributed by atoms with Crippen LogP contribution < -0.4 is 20.1 Å². The van der Waals surface area contributed by atoms with Crippen LogP contribution >= 0.6 is 0 Å². The average Bonchev–Trinajstić information content (AvgIpc) is 3.49. The van der Waals surface area contributed by atoms with Crippen molar-refractivity contribution in [3.05, 3.63) is 90.0 Å². The zero-order chi connectivity index (χ0) is 29.4. The van der Waals surface area contributed by atoms with E-state index in [4.69, 9.17) is 9.16 Å². The first-order chi connectivity index (χ1) is 19.4. The van der Waals surface area contributed by atoms with Crippen LogP contribution in [0, 0.1) is 0 Å². The highest BCUT2D eigenvalue weighted by Crippen LogP contribution is 2.46. The van der Waals surface area contributed by atoms with Crippen LogP contribution in [0.15, 0.2) is 78.9 Å². The first-order valence-electron chi connectivity index (χ1n) is 14.6. The van der Waals surface area contributed by atoms with Gasteiger partial charge in [0.2, 0.25) is 5.91 Å². The normalized spacial score (nSPS) is 19.2. The van der Waals surface area contributed by atoms with Crippen LogP contribution in [0.4, 0.5) is 4.79 Å². The van der Waals surface area contributed by atoms with Gasteiger partial charge in [-0.15, -0.1) is 0 Å². The van der Waals surface area contributed by atoms with Crippen molar-refractivity contribution in [3.63, 3.8) is 0 Å². The number of hydrogen-bond donors (Lipinski definition) is 1. The van der Waals surface area contributed by atoms with Crippen LogP contribution in [0.1, 0.15) is 84.0 Å². The number of carbonyl (C=O) groups is 2. The van der Waals surface area contributed by atoms with E-state index < -0.39 is 20.0 Å². The number of hydrogen-bond acceptors (Lipinski definition) is 4. The molecule has 2 aliphatic rings. The summed E-state index contributed by atoms with van der Waals surface area (Å²) in [6, 6.07) is 27.0. The van der Waals surface area contributed by atoms with Crippen molar-refractivity contribution in [2.45, 2.75) is 83.5 Å². The fourth-order valence-corrected chi connectivity index (χ4v) is 10.8. The summed E-state index contributed by atoms with van der Waals surface area (Å²) in [6.07, 6.45) is 1.58. The van der Waals surface area contributed by atoms with Crippen molar-refractivity contribution in [3.8, 4) is 5.75 Å². The standard InChI is InChI=1S/C34H42N2O4Si/c1-33(2,3)39-32(38)35-29-23-30(36-21-13-18-31(36)37)28-22-24(19-20-27(28)29)40-41(34(4,5)6,25-14-9-7-10-15-25)26-16-11-8-12-17-26/h7-12,14-17,19-20,22,29-30H,13,18,21,23H2,1-6H3,(H,35,38). The first kappa shape index (κ1) is 28.9.